The second-order valence-electron chi connectivity index (χ2n) is 9.30. The molecule has 33 heavy (non-hydrogen) atoms. The van der Waals surface area contributed by atoms with Crippen molar-refractivity contribution in [2.75, 3.05) is 20.3 Å². The van der Waals surface area contributed by atoms with Gasteiger partial charge in [0.2, 0.25) is 0 Å². The number of carbonyl (C=O) groups is 1. The molecular weight excluding hydrogens is 440 g/mol. The number of benzene rings is 1. The van der Waals surface area contributed by atoms with E-state index in [0.29, 0.717) is 11.4 Å². The second-order valence-corrected chi connectivity index (χ2v) is 11.1. The first-order chi connectivity index (χ1) is 15.7. The van der Waals surface area contributed by atoms with Crippen LogP contribution in [-0.4, -0.2) is 48.1 Å². The van der Waals surface area contributed by atoms with Gasteiger partial charge in [-0.25, -0.2) is 17.4 Å². The van der Waals surface area contributed by atoms with E-state index in [1.807, 2.05) is 6.07 Å². The lowest BCUT2D eigenvalue weighted by molar-refractivity contribution is 0.0610. The van der Waals surface area contributed by atoms with Crippen LogP contribution in [0.15, 0.2) is 41.6 Å². The zero-order chi connectivity index (χ0) is 23.8. The summed E-state index contributed by atoms with van der Waals surface area (Å²) in [5.41, 5.74) is 1.75. The number of imidazole rings is 1. The van der Waals surface area contributed by atoms with Crippen LogP contribution in [0.25, 0.3) is 11.0 Å². The number of rotatable bonds is 7. The molecule has 1 fully saturated rings. The zero-order valence-corrected chi connectivity index (χ0v) is 20.5. The fraction of sp³-hybridized carbons (Fsp3) is 0.500. The maximum Gasteiger partial charge on any atom is 0.267 e. The third-order valence-corrected chi connectivity index (χ3v) is 8.35. The molecule has 0 aliphatic carbocycles. The first-order valence-corrected chi connectivity index (χ1v) is 12.9. The van der Waals surface area contributed by atoms with E-state index in [1.54, 1.807) is 12.1 Å². The van der Waals surface area contributed by atoms with Gasteiger partial charge in [0.05, 0.1) is 21.5 Å². The number of carbonyl (C=O) groups excluding carboxylic acids is 1. The van der Waals surface area contributed by atoms with E-state index in [1.165, 1.54) is 25.5 Å². The second kappa shape index (κ2) is 8.95. The molecule has 1 aliphatic heterocycles. The van der Waals surface area contributed by atoms with Crippen LogP contribution >= 0.6 is 0 Å². The molecule has 1 amide bonds. The predicted octanol–water partition coefficient (Wildman–Crippen LogP) is 3.55. The summed E-state index contributed by atoms with van der Waals surface area (Å²) in [6.07, 6.45) is 5.66. The Morgan fingerprint density at radius 3 is 2.64 bits per heavy atom. The average Bonchev–Trinajstić information content (AvgIpc) is 3.45. The van der Waals surface area contributed by atoms with Crippen LogP contribution < -0.4 is 5.32 Å². The third kappa shape index (κ3) is 4.44. The Hall–Kier alpha value is -2.65. The highest BCUT2D eigenvalue weighted by Gasteiger charge is 2.29. The maximum absolute atomic E-state index is 13.2. The van der Waals surface area contributed by atoms with E-state index in [9.17, 15) is 13.2 Å². The van der Waals surface area contributed by atoms with Crippen LogP contribution in [0.3, 0.4) is 0 Å². The highest BCUT2D eigenvalue weighted by atomic mass is 32.2. The van der Waals surface area contributed by atoms with Crippen molar-refractivity contribution in [1.29, 1.82) is 0 Å². The molecule has 0 spiro atoms. The molecule has 0 unspecified atom stereocenters. The molecule has 0 radical (unpaired) electrons. The summed E-state index contributed by atoms with van der Waals surface area (Å²) in [5, 5.41) is 2.50. The molecule has 1 aromatic carbocycles. The van der Waals surface area contributed by atoms with Crippen molar-refractivity contribution in [3.63, 3.8) is 0 Å². The first kappa shape index (κ1) is 23.5. The largest absolute Gasteiger partial charge is 0.381 e. The van der Waals surface area contributed by atoms with Crippen molar-refractivity contribution in [2.24, 2.45) is 5.92 Å². The molecule has 1 saturated heterocycles. The Labute approximate surface area is 195 Å². The van der Waals surface area contributed by atoms with Crippen molar-refractivity contribution in [2.45, 2.75) is 56.9 Å². The fourth-order valence-electron chi connectivity index (χ4n) is 4.24. The number of ether oxygens (including phenoxy) is 1. The quantitative estimate of drug-likeness (QED) is 0.567. The van der Waals surface area contributed by atoms with Gasteiger partial charge in [0.25, 0.3) is 15.9 Å². The van der Waals surface area contributed by atoms with Gasteiger partial charge in [0.15, 0.2) is 0 Å². The Morgan fingerprint density at radius 1 is 1.24 bits per heavy atom. The minimum atomic E-state index is -3.85. The molecule has 8 nitrogen and oxygen atoms in total. The molecule has 1 aliphatic rings. The molecule has 3 heterocycles. The summed E-state index contributed by atoms with van der Waals surface area (Å²) in [5.74, 6) is 1.15. The Bertz CT molecular complexity index is 1270. The summed E-state index contributed by atoms with van der Waals surface area (Å²) in [6, 6.07) is 6.61. The number of nitrogens with one attached hydrogen (secondary N) is 1. The monoisotopic (exact) mass is 472 g/mol. The van der Waals surface area contributed by atoms with Gasteiger partial charge in [-0.3, -0.25) is 4.79 Å². The summed E-state index contributed by atoms with van der Waals surface area (Å²) < 4.78 is 35.4. The first-order valence-electron chi connectivity index (χ1n) is 11.4. The minimum Gasteiger partial charge on any atom is -0.381 e. The molecule has 1 N–H and O–H groups in total. The van der Waals surface area contributed by atoms with Gasteiger partial charge in [-0.2, -0.15) is 0 Å². The molecule has 9 heteroatoms. The fourth-order valence-corrected chi connectivity index (χ4v) is 5.46. The Balaban J connectivity index is 1.77. The molecule has 4 rings (SSSR count). The van der Waals surface area contributed by atoms with Crippen LogP contribution in [0.5, 0.6) is 0 Å². The van der Waals surface area contributed by atoms with Crippen molar-refractivity contribution in [3.05, 3.63) is 48.0 Å². The minimum absolute atomic E-state index is 0.144. The molecule has 2 aromatic heterocycles. The lowest BCUT2D eigenvalue weighted by Crippen LogP contribution is -2.26. The number of aromatic nitrogens is 3. The molecule has 3 aromatic rings. The van der Waals surface area contributed by atoms with Gasteiger partial charge in [-0.1, -0.05) is 20.8 Å². The number of hydrogen-bond acceptors (Lipinski definition) is 5. The lowest BCUT2D eigenvalue weighted by Gasteiger charge is -2.28. The van der Waals surface area contributed by atoms with Gasteiger partial charge in [-0.15, -0.1) is 0 Å². The molecule has 0 atom stereocenters. The highest BCUT2D eigenvalue weighted by Crippen LogP contribution is 2.32. The standard InChI is InChI=1S/C24H32N4O4S/c1-5-24(2,3)23-26-20-14-19(33(30,31)27-11-8-18(16-27)22(29)25-4)6-7-21(20)28(23)15-17-9-12-32-13-10-17/h6-8,11,14,16-17H,5,9-10,12-13,15H2,1-4H3,(H,25,29). The smallest absolute Gasteiger partial charge is 0.267 e. The average molecular weight is 473 g/mol. The number of fused-ring (bicyclic) bond motifs is 1. The van der Waals surface area contributed by atoms with E-state index in [4.69, 9.17) is 9.72 Å². The highest BCUT2D eigenvalue weighted by molar-refractivity contribution is 7.90. The van der Waals surface area contributed by atoms with Crippen LogP contribution in [0.1, 0.15) is 56.2 Å². The van der Waals surface area contributed by atoms with Gasteiger partial charge < -0.3 is 14.6 Å². The zero-order valence-electron chi connectivity index (χ0n) is 19.7. The predicted molar refractivity (Wildman–Crippen MR) is 127 cm³/mol. The maximum atomic E-state index is 13.2. The van der Waals surface area contributed by atoms with E-state index < -0.39 is 10.0 Å². The van der Waals surface area contributed by atoms with Crippen molar-refractivity contribution in [1.82, 2.24) is 18.8 Å². The summed E-state index contributed by atoms with van der Waals surface area (Å²) >= 11 is 0. The number of nitrogens with zero attached hydrogens (tertiary/aromatic N) is 3. The summed E-state index contributed by atoms with van der Waals surface area (Å²) in [4.78, 5) is 16.9. The topological polar surface area (TPSA) is 95.2 Å². The van der Waals surface area contributed by atoms with E-state index in [-0.39, 0.29) is 21.8 Å². The van der Waals surface area contributed by atoms with Gasteiger partial charge in [0, 0.05) is 44.6 Å². The van der Waals surface area contributed by atoms with E-state index in [2.05, 4.69) is 30.7 Å². The van der Waals surface area contributed by atoms with Crippen molar-refractivity contribution in [3.8, 4) is 0 Å². The normalized spacial score (nSPS) is 15.8. The Kier molecular flexibility index (Phi) is 6.37. The van der Waals surface area contributed by atoms with Gasteiger partial charge in [0.1, 0.15) is 5.82 Å². The summed E-state index contributed by atoms with van der Waals surface area (Å²) in [6.45, 7) is 8.89. The third-order valence-electron chi connectivity index (χ3n) is 6.72. The van der Waals surface area contributed by atoms with Gasteiger partial charge in [-0.05, 0) is 49.4 Å². The number of amides is 1. The van der Waals surface area contributed by atoms with Gasteiger partial charge >= 0.3 is 0 Å². The van der Waals surface area contributed by atoms with E-state index in [0.717, 1.165) is 54.3 Å². The Morgan fingerprint density at radius 2 is 1.97 bits per heavy atom. The molecular formula is C24H32N4O4S. The van der Waals surface area contributed by atoms with E-state index >= 15 is 0 Å². The molecule has 0 saturated carbocycles. The SMILES string of the molecule is CCC(C)(C)c1nc2cc(S(=O)(=O)n3ccc(C(=O)NC)c3)ccc2n1CC1CCOCC1. The number of hydrogen-bond donors (Lipinski definition) is 1. The van der Waals surface area contributed by atoms with Crippen LogP contribution in [0.4, 0.5) is 0 Å². The van der Waals surface area contributed by atoms with Crippen molar-refractivity contribution >= 4 is 27.0 Å². The molecule has 178 valence electrons. The van der Waals surface area contributed by atoms with Crippen LogP contribution in [0, 0.1) is 5.92 Å². The molecule has 0 bridgehead atoms. The lowest BCUT2D eigenvalue weighted by atomic mass is 9.89. The summed E-state index contributed by atoms with van der Waals surface area (Å²) in [7, 11) is -2.34. The van der Waals surface area contributed by atoms with Crippen LogP contribution in [-0.2, 0) is 26.7 Å². The van der Waals surface area contributed by atoms with Crippen LogP contribution in [0.2, 0.25) is 0 Å². The van der Waals surface area contributed by atoms with Crippen molar-refractivity contribution < 1.29 is 17.9 Å².